The van der Waals surface area contributed by atoms with Gasteiger partial charge in [-0.3, -0.25) is 9.59 Å². The standard InChI is InChI=1S/C19H29N5O3/c1-5-7-8-15(6-2)10-20-17(25)11-27-18(26)9-16-13(3)23-19-21-12-22-24(19)14(16)4/h12,15H,5-11H2,1-4H3,(H,20,25)/t15-/m0/s1. The lowest BCUT2D eigenvalue weighted by Gasteiger charge is -2.15. The van der Waals surface area contributed by atoms with Crippen LogP contribution in [-0.4, -0.2) is 44.6 Å². The number of fused-ring (bicyclic) bond motifs is 1. The number of aromatic nitrogens is 4. The third-order valence-electron chi connectivity index (χ3n) is 4.81. The van der Waals surface area contributed by atoms with Crippen LogP contribution in [0.25, 0.3) is 5.78 Å². The van der Waals surface area contributed by atoms with Crippen molar-refractivity contribution >= 4 is 17.7 Å². The topological polar surface area (TPSA) is 98.5 Å². The molecule has 0 unspecified atom stereocenters. The molecule has 0 aliphatic heterocycles. The maximum atomic E-state index is 12.2. The van der Waals surface area contributed by atoms with Crippen LogP contribution in [0.3, 0.4) is 0 Å². The van der Waals surface area contributed by atoms with E-state index in [0.29, 0.717) is 23.9 Å². The maximum absolute atomic E-state index is 12.2. The Morgan fingerprint density at radius 1 is 1.30 bits per heavy atom. The molecule has 27 heavy (non-hydrogen) atoms. The van der Waals surface area contributed by atoms with Crippen LogP contribution in [-0.2, 0) is 20.7 Å². The molecule has 0 radical (unpaired) electrons. The molecule has 0 aliphatic rings. The molecular formula is C19H29N5O3. The summed E-state index contributed by atoms with van der Waals surface area (Å²) in [5.41, 5.74) is 2.23. The number of ether oxygens (including phenoxy) is 1. The molecule has 0 aromatic carbocycles. The van der Waals surface area contributed by atoms with E-state index in [1.807, 2.05) is 13.8 Å². The first-order valence-corrected chi connectivity index (χ1v) is 9.54. The highest BCUT2D eigenvalue weighted by atomic mass is 16.5. The van der Waals surface area contributed by atoms with E-state index in [9.17, 15) is 9.59 Å². The molecule has 0 spiro atoms. The van der Waals surface area contributed by atoms with E-state index in [0.717, 1.165) is 36.9 Å². The lowest BCUT2D eigenvalue weighted by Crippen LogP contribution is -2.33. The average Bonchev–Trinajstić information content (AvgIpc) is 3.12. The van der Waals surface area contributed by atoms with E-state index >= 15 is 0 Å². The quantitative estimate of drug-likeness (QED) is 0.639. The van der Waals surface area contributed by atoms with Crippen molar-refractivity contribution in [2.45, 2.75) is 59.8 Å². The number of carbonyl (C=O) groups excluding carboxylic acids is 2. The van der Waals surface area contributed by atoms with Crippen molar-refractivity contribution in [2.24, 2.45) is 5.92 Å². The van der Waals surface area contributed by atoms with Crippen LogP contribution in [0.15, 0.2) is 6.33 Å². The molecule has 2 rings (SSSR count). The molecule has 1 atom stereocenters. The summed E-state index contributed by atoms with van der Waals surface area (Å²) in [6.45, 7) is 8.31. The fourth-order valence-electron chi connectivity index (χ4n) is 3.01. The minimum atomic E-state index is -0.462. The summed E-state index contributed by atoms with van der Waals surface area (Å²) in [5, 5.41) is 6.95. The first-order valence-electron chi connectivity index (χ1n) is 9.54. The van der Waals surface area contributed by atoms with E-state index in [2.05, 4.69) is 34.2 Å². The molecule has 1 N–H and O–H groups in total. The second-order valence-corrected chi connectivity index (χ2v) is 6.79. The number of aryl methyl sites for hydroxylation is 2. The minimum Gasteiger partial charge on any atom is -0.455 e. The van der Waals surface area contributed by atoms with Crippen LogP contribution in [0.4, 0.5) is 0 Å². The zero-order chi connectivity index (χ0) is 19.8. The van der Waals surface area contributed by atoms with Crippen molar-refractivity contribution in [1.82, 2.24) is 24.9 Å². The highest BCUT2D eigenvalue weighted by molar-refractivity contribution is 5.81. The molecule has 148 valence electrons. The Labute approximate surface area is 159 Å². The fraction of sp³-hybridized carbons (Fsp3) is 0.632. The van der Waals surface area contributed by atoms with Gasteiger partial charge < -0.3 is 10.1 Å². The Hall–Kier alpha value is -2.51. The SMILES string of the molecule is CCCC[C@H](CC)CNC(=O)COC(=O)Cc1c(C)nc2ncnn2c1C. The van der Waals surface area contributed by atoms with Gasteiger partial charge in [-0.1, -0.05) is 33.1 Å². The van der Waals surface area contributed by atoms with E-state index in [1.165, 1.54) is 6.33 Å². The van der Waals surface area contributed by atoms with Gasteiger partial charge in [0.1, 0.15) is 6.33 Å². The molecule has 0 aliphatic carbocycles. The molecule has 0 saturated heterocycles. The van der Waals surface area contributed by atoms with Crippen molar-refractivity contribution < 1.29 is 14.3 Å². The lowest BCUT2D eigenvalue weighted by atomic mass is 9.99. The van der Waals surface area contributed by atoms with Crippen molar-refractivity contribution in [2.75, 3.05) is 13.2 Å². The van der Waals surface area contributed by atoms with Gasteiger partial charge in [0.15, 0.2) is 6.61 Å². The average molecular weight is 375 g/mol. The molecule has 2 aromatic heterocycles. The summed E-state index contributed by atoms with van der Waals surface area (Å²) in [6.07, 6.45) is 5.90. The van der Waals surface area contributed by atoms with E-state index in [1.54, 1.807) is 4.52 Å². The second-order valence-electron chi connectivity index (χ2n) is 6.79. The highest BCUT2D eigenvalue weighted by Gasteiger charge is 2.16. The summed E-state index contributed by atoms with van der Waals surface area (Å²) in [4.78, 5) is 32.5. The van der Waals surface area contributed by atoms with Gasteiger partial charge in [0.2, 0.25) is 0 Å². The summed E-state index contributed by atoms with van der Waals surface area (Å²) < 4.78 is 6.72. The predicted molar refractivity (Wildman–Crippen MR) is 101 cm³/mol. The Balaban J connectivity index is 1.83. The number of rotatable bonds is 10. The molecule has 0 saturated carbocycles. The number of esters is 1. The Morgan fingerprint density at radius 3 is 2.78 bits per heavy atom. The lowest BCUT2D eigenvalue weighted by molar-refractivity contribution is -0.147. The number of hydrogen-bond donors (Lipinski definition) is 1. The second kappa shape index (κ2) is 9.99. The zero-order valence-corrected chi connectivity index (χ0v) is 16.6. The molecule has 1 amide bonds. The molecular weight excluding hydrogens is 346 g/mol. The van der Waals surface area contributed by atoms with E-state index in [-0.39, 0.29) is 18.9 Å². The third-order valence-corrected chi connectivity index (χ3v) is 4.81. The monoisotopic (exact) mass is 375 g/mol. The maximum Gasteiger partial charge on any atom is 0.310 e. The van der Waals surface area contributed by atoms with Gasteiger partial charge >= 0.3 is 5.97 Å². The summed E-state index contributed by atoms with van der Waals surface area (Å²) >= 11 is 0. The van der Waals surface area contributed by atoms with Gasteiger partial charge in [-0.05, 0) is 26.2 Å². The van der Waals surface area contributed by atoms with Gasteiger partial charge in [0.25, 0.3) is 11.7 Å². The molecule has 8 nitrogen and oxygen atoms in total. The Bertz CT molecular complexity index is 787. The third kappa shape index (κ3) is 5.74. The van der Waals surface area contributed by atoms with Gasteiger partial charge in [0, 0.05) is 23.5 Å². The van der Waals surface area contributed by atoms with E-state index < -0.39 is 5.97 Å². The summed E-state index contributed by atoms with van der Waals surface area (Å²) in [5.74, 6) is 0.234. The van der Waals surface area contributed by atoms with Gasteiger partial charge in [0.05, 0.1) is 6.42 Å². The van der Waals surface area contributed by atoms with Crippen molar-refractivity contribution in [3.05, 3.63) is 23.3 Å². The number of carbonyl (C=O) groups is 2. The van der Waals surface area contributed by atoms with Crippen molar-refractivity contribution in [1.29, 1.82) is 0 Å². The molecule has 8 heteroatoms. The molecule has 2 heterocycles. The largest absolute Gasteiger partial charge is 0.455 e. The highest BCUT2D eigenvalue weighted by Crippen LogP contribution is 2.14. The van der Waals surface area contributed by atoms with Crippen LogP contribution in [0.2, 0.25) is 0 Å². The fourth-order valence-corrected chi connectivity index (χ4v) is 3.01. The Morgan fingerprint density at radius 2 is 2.07 bits per heavy atom. The summed E-state index contributed by atoms with van der Waals surface area (Å²) in [6, 6.07) is 0. The van der Waals surface area contributed by atoms with Crippen molar-refractivity contribution in [3.8, 4) is 0 Å². The van der Waals surface area contributed by atoms with E-state index in [4.69, 9.17) is 4.74 Å². The number of hydrogen-bond acceptors (Lipinski definition) is 6. The van der Waals surface area contributed by atoms with Gasteiger partial charge in [-0.15, -0.1) is 0 Å². The minimum absolute atomic E-state index is 0.0435. The van der Waals surface area contributed by atoms with Gasteiger partial charge in [-0.25, -0.2) is 9.50 Å². The van der Waals surface area contributed by atoms with Gasteiger partial charge in [-0.2, -0.15) is 10.1 Å². The normalized spacial score (nSPS) is 12.1. The van der Waals surface area contributed by atoms with Crippen LogP contribution < -0.4 is 5.32 Å². The Kier molecular flexibility index (Phi) is 7.69. The smallest absolute Gasteiger partial charge is 0.310 e. The number of nitrogens with one attached hydrogen (secondary N) is 1. The zero-order valence-electron chi connectivity index (χ0n) is 16.6. The first kappa shape index (κ1) is 20.8. The van der Waals surface area contributed by atoms with Crippen LogP contribution in [0.5, 0.6) is 0 Å². The number of amides is 1. The molecule has 2 aromatic rings. The molecule has 0 bridgehead atoms. The van der Waals surface area contributed by atoms with Crippen LogP contribution in [0.1, 0.15) is 56.5 Å². The summed E-state index contributed by atoms with van der Waals surface area (Å²) in [7, 11) is 0. The number of unbranched alkanes of at least 4 members (excludes halogenated alkanes) is 1. The first-order chi connectivity index (χ1) is 13.0. The molecule has 0 fully saturated rings. The number of nitrogens with zero attached hydrogens (tertiary/aromatic N) is 4. The van der Waals surface area contributed by atoms with Crippen LogP contribution >= 0.6 is 0 Å². The van der Waals surface area contributed by atoms with Crippen molar-refractivity contribution in [3.63, 3.8) is 0 Å². The predicted octanol–water partition coefficient (Wildman–Crippen LogP) is 2.16. The van der Waals surface area contributed by atoms with Crippen LogP contribution in [0, 0.1) is 19.8 Å².